The van der Waals surface area contributed by atoms with Crippen LogP contribution in [0.3, 0.4) is 0 Å². The number of halogens is 2. The molecule has 1 aromatic carbocycles. The van der Waals surface area contributed by atoms with E-state index in [1.54, 1.807) is 12.3 Å². The van der Waals surface area contributed by atoms with Crippen molar-refractivity contribution >= 4 is 23.2 Å². The molecule has 1 heterocycles. The lowest BCUT2D eigenvalue weighted by molar-refractivity contribution is 0.0221. The molecule has 2 rings (SSSR count). The average molecular weight is 397 g/mol. The fourth-order valence-electron chi connectivity index (χ4n) is 3.03. The van der Waals surface area contributed by atoms with Gasteiger partial charge in [-0.3, -0.25) is 0 Å². The predicted octanol–water partition coefficient (Wildman–Crippen LogP) is 6.92. The molecule has 0 spiro atoms. The van der Waals surface area contributed by atoms with E-state index in [9.17, 15) is 0 Å². The minimum absolute atomic E-state index is 0.159. The number of ether oxygens (including phenoxy) is 1. The summed E-state index contributed by atoms with van der Waals surface area (Å²) in [7, 11) is 0. The fraction of sp³-hybridized carbons (Fsp3) is 0.571. The van der Waals surface area contributed by atoms with Gasteiger partial charge in [-0.15, -0.1) is 0 Å². The van der Waals surface area contributed by atoms with E-state index < -0.39 is 0 Å². The second-order valence-corrected chi connectivity index (χ2v) is 7.68. The molecular formula is C21H30Cl2N2O. The summed E-state index contributed by atoms with van der Waals surface area (Å²) in [5.41, 5.74) is 0.978. The van der Waals surface area contributed by atoms with Crippen molar-refractivity contribution in [2.75, 3.05) is 0 Å². The minimum atomic E-state index is 0.159. The molecule has 5 heteroatoms. The molecule has 0 radical (unpaired) electrons. The highest BCUT2D eigenvalue weighted by atomic mass is 35.5. The number of hydrogen-bond donors (Lipinski definition) is 0. The van der Waals surface area contributed by atoms with E-state index >= 15 is 0 Å². The Bertz CT molecular complexity index is 616. The maximum atomic E-state index is 6.26. The van der Waals surface area contributed by atoms with Crippen LogP contribution in [0.25, 0.3) is 0 Å². The number of imidazole rings is 1. The molecule has 0 aliphatic rings. The van der Waals surface area contributed by atoms with Crippen molar-refractivity contribution < 1.29 is 4.74 Å². The lowest BCUT2D eigenvalue weighted by Gasteiger charge is -2.19. The summed E-state index contributed by atoms with van der Waals surface area (Å²) in [6.45, 7) is 3.58. The van der Waals surface area contributed by atoms with E-state index in [0.717, 1.165) is 18.5 Å². The highest BCUT2D eigenvalue weighted by Crippen LogP contribution is 2.23. The molecule has 0 amide bonds. The third kappa shape index (κ3) is 8.11. The van der Waals surface area contributed by atoms with Crippen molar-refractivity contribution in [3.63, 3.8) is 0 Å². The van der Waals surface area contributed by atoms with Crippen LogP contribution in [0.4, 0.5) is 0 Å². The molecule has 1 atom stereocenters. The van der Waals surface area contributed by atoms with Crippen LogP contribution in [0.1, 0.15) is 63.9 Å². The first-order valence-electron chi connectivity index (χ1n) is 9.70. The molecule has 0 aliphatic heterocycles. The van der Waals surface area contributed by atoms with Crippen LogP contribution in [0.15, 0.2) is 36.9 Å². The van der Waals surface area contributed by atoms with Crippen LogP contribution in [0, 0.1) is 0 Å². The summed E-state index contributed by atoms with van der Waals surface area (Å²) in [4.78, 5) is 4.13. The van der Waals surface area contributed by atoms with Gasteiger partial charge in [-0.2, -0.15) is 0 Å². The van der Waals surface area contributed by atoms with Gasteiger partial charge in [-0.1, -0.05) is 81.1 Å². The van der Waals surface area contributed by atoms with Gasteiger partial charge >= 0.3 is 0 Å². The zero-order chi connectivity index (χ0) is 18.6. The van der Waals surface area contributed by atoms with Gasteiger partial charge in [0.15, 0.2) is 0 Å². The number of hydrogen-bond acceptors (Lipinski definition) is 2. The van der Waals surface area contributed by atoms with Crippen molar-refractivity contribution in [3.8, 4) is 0 Å². The van der Waals surface area contributed by atoms with E-state index in [1.807, 2.05) is 24.7 Å². The third-order valence-electron chi connectivity index (χ3n) is 4.59. The first-order valence-corrected chi connectivity index (χ1v) is 10.5. The van der Waals surface area contributed by atoms with E-state index in [2.05, 4.69) is 16.5 Å². The Labute approximate surface area is 167 Å². The van der Waals surface area contributed by atoms with Crippen LogP contribution < -0.4 is 0 Å². The number of nitrogens with zero attached hydrogens (tertiary/aromatic N) is 2. The zero-order valence-corrected chi connectivity index (χ0v) is 17.2. The van der Waals surface area contributed by atoms with Crippen molar-refractivity contribution in [3.05, 3.63) is 52.5 Å². The highest BCUT2D eigenvalue weighted by molar-refractivity contribution is 6.35. The van der Waals surface area contributed by atoms with Crippen LogP contribution >= 0.6 is 23.2 Å². The van der Waals surface area contributed by atoms with Gasteiger partial charge in [0.2, 0.25) is 0 Å². The summed E-state index contributed by atoms with van der Waals surface area (Å²) in [6.07, 6.45) is 16.0. The summed E-state index contributed by atoms with van der Waals surface area (Å²) in [5, 5.41) is 1.31. The van der Waals surface area contributed by atoms with Crippen LogP contribution in [0.5, 0.6) is 0 Å². The van der Waals surface area contributed by atoms with Gasteiger partial charge in [0.1, 0.15) is 0 Å². The Morgan fingerprint density at radius 3 is 2.54 bits per heavy atom. The molecule has 0 saturated carbocycles. The molecule has 0 saturated heterocycles. The standard InChI is InChI=1S/C21H30Cl2N2O/c1-2-3-4-5-6-7-8-9-20(15-25-13-12-24-17-25)26-16-18-10-11-19(22)14-21(18)23/h10-14,17,20H,2-9,15-16H2,1H3. The van der Waals surface area contributed by atoms with Gasteiger partial charge < -0.3 is 9.30 Å². The normalized spacial score (nSPS) is 12.4. The molecule has 0 bridgehead atoms. The number of benzene rings is 1. The zero-order valence-electron chi connectivity index (χ0n) is 15.7. The van der Waals surface area contributed by atoms with Crippen LogP contribution in [-0.4, -0.2) is 15.7 Å². The molecule has 0 fully saturated rings. The van der Waals surface area contributed by atoms with E-state index in [-0.39, 0.29) is 6.10 Å². The van der Waals surface area contributed by atoms with Crippen LogP contribution in [0.2, 0.25) is 10.0 Å². The Kier molecular flexibility index (Phi) is 10.1. The fourth-order valence-corrected chi connectivity index (χ4v) is 3.50. The van der Waals surface area contributed by atoms with Crippen molar-refractivity contribution in [1.29, 1.82) is 0 Å². The number of aromatic nitrogens is 2. The van der Waals surface area contributed by atoms with Crippen LogP contribution in [-0.2, 0) is 17.9 Å². The summed E-state index contributed by atoms with van der Waals surface area (Å²) < 4.78 is 8.27. The molecule has 1 aromatic heterocycles. The Morgan fingerprint density at radius 1 is 1.08 bits per heavy atom. The molecule has 2 aromatic rings. The summed E-state index contributed by atoms with van der Waals surface area (Å²) >= 11 is 12.2. The van der Waals surface area contributed by atoms with Gasteiger partial charge in [-0.25, -0.2) is 4.98 Å². The molecule has 3 nitrogen and oxygen atoms in total. The highest BCUT2D eigenvalue weighted by Gasteiger charge is 2.12. The van der Waals surface area contributed by atoms with Crippen molar-refractivity contribution in [1.82, 2.24) is 9.55 Å². The first kappa shape index (κ1) is 21.3. The second kappa shape index (κ2) is 12.4. The van der Waals surface area contributed by atoms with E-state index in [4.69, 9.17) is 27.9 Å². The summed E-state index contributed by atoms with van der Waals surface area (Å²) in [6, 6.07) is 5.56. The van der Waals surface area contributed by atoms with Gasteiger partial charge in [0.25, 0.3) is 0 Å². The van der Waals surface area contributed by atoms with E-state index in [1.165, 1.54) is 44.9 Å². The van der Waals surface area contributed by atoms with Gasteiger partial charge in [0, 0.05) is 29.0 Å². The summed E-state index contributed by atoms with van der Waals surface area (Å²) in [5.74, 6) is 0. The molecule has 26 heavy (non-hydrogen) atoms. The Morgan fingerprint density at radius 2 is 1.85 bits per heavy atom. The van der Waals surface area contributed by atoms with Gasteiger partial charge in [-0.05, 0) is 24.1 Å². The topological polar surface area (TPSA) is 27.1 Å². The lowest BCUT2D eigenvalue weighted by Crippen LogP contribution is -2.19. The molecule has 1 unspecified atom stereocenters. The Balaban J connectivity index is 1.79. The SMILES string of the molecule is CCCCCCCCCC(Cn1ccnc1)OCc1ccc(Cl)cc1Cl. The molecule has 0 aliphatic carbocycles. The number of unbranched alkanes of at least 4 members (excludes halogenated alkanes) is 6. The monoisotopic (exact) mass is 396 g/mol. The smallest absolute Gasteiger partial charge is 0.0946 e. The van der Waals surface area contributed by atoms with E-state index in [0.29, 0.717) is 16.7 Å². The second-order valence-electron chi connectivity index (χ2n) is 6.84. The maximum Gasteiger partial charge on any atom is 0.0946 e. The average Bonchev–Trinajstić information content (AvgIpc) is 3.13. The predicted molar refractivity (Wildman–Crippen MR) is 110 cm³/mol. The van der Waals surface area contributed by atoms with Gasteiger partial charge in [0.05, 0.1) is 19.0 Å². The quantitative estimate of drug-likeness (QED) is 0.343. The maximum absolute atomic E-state index is 6.26. The largest absolute Gasteiger partial charge is 0.372 e. The third-order valence-corrected chi connectivity index (χ3v) is 5.18. The number of rotatable bonds is 13. The molecular weight excluding hydrogens is 367 g/mol. The molecule has 0 N–H and O–H groups in total. The molecule has 144 valence electrons. The van der Waals surface area contributed by atoms with Crippen molar-refractivity contribution in [2.24, 2.45) is 0 Å². The first-order chi connectivity index (χ1) is 12.7. The van der Waals surface area contributed by atoms with Crippen molar-refractivity contribution in [2.45, 2.75) is 77.5 Å². The lowest BCUT2D eigenvalue weighted by atomic mass is 10.1. The Hall–Kier alpha value is -1.03. The minimum Gasteiger partial charge on any atom is -0.372 e.